The normalized spacial score (nSPS) is 29.1. The summed E-state index contributed by atoms with van der Waals surface area (Å²) < 4.78 is 0. The van der Waals surface area contributed by atoms with Crippen LogP contribution in [-0.2, 0) is 6.54 Å². The molecule has 2 fully saturated rings. The van der Waals surface area contributed by atoms with Crippen LogP contribution >= 0.6 is 0 Å². The SMILES string of the molecule is CC(C)N1CC2CN(Cc3ccccn3)CC2C1. The minimum atomic E-state index is 0.708. The Kier molecular flexibility index (Phi) is 3.35. The second-order valence-corrected chi connectivity index (χ2v) is 6.08. The zero-order chi connectivity index (χ0) is 12.5. The average Bonchev–Trinajstić information content (AvgIpc) is 2.88. The standard InChI is InChI=1S/C15H23N3/c1-12(2)18-9-13-7-17(8-14(13)10-18)11-15-5-3-4-6-16-15/h3-6,12-14H,7-11H2,1-2H3. The van der Waals surface area contributed by atoms with Crippen molar-refractivity contribution in [2.24, 2.45) is 11.8 Å². The molecule has 2 aliphatic rings. The van der Waals surface area contributed by atoms with Gasteiger partial charge in [-0.1, -0.05) is 6.07 Å². The van der Waals surface area contributed by atoms with Crippen LogP contribution < -0.4 is 0 Å². The van der Waals surface area contributed by atoms with Gasteiger partial charge in [-0.15, -0.1) is 0 Å². The summed E-state index contributed by atoms with van der Waals surface area (Å²) in [7, 11) is 0. The first-order valence-electron chi connectivity index (χ1n) is 7.08. The second kappa shape index (κ2) is 4.98. The maximum absolute atomic E-state index is 4.43. The molecule has 98 valence electrons. The minimum absolute atomic E-state index is 0.708. The monoisotopic (exact) mass is 245 g/mol. The Hall–Kier alpha value is -0.930. The van der Waals surface area contributed by atoms with Crippen LogP contribution in [0.5, 0.6) is 0 Å². The van der Waals surface area contributed by atoms with E-state index in [2.05, 4.69) is 40.8 Å². The van der Waals surface area contributed by atoms with Gasteiger partial charge in [0.1, 0.15) is 0 Å². The van der Waals surface area contributed by atoms with Crippen molar-refractivity contribution in [3.63, 3.8) is 0 Å². The Morgan fingerprint density at radius 1 is 1.17 bits per heavy atom. The zero-order valence-corrected chi connectivity index (χ0v) is 11.4. The molecule has 0 saturated carbocycles. The van der Waals surface area contributed by atoms with E-state index in [1.165, 1.54) is 31.9 Å². The zero-order valence-electron chi connectivity index (χ0n) is 11.4. The first-order chi connectivity index (χ1) is 8.72. The van der Waals surface area contributed by atoms with Gasteiger partial charge < -0.3 is 4.90 Å². The van der Waals surface area contributed by atoms with E-state index in [1.807, 2.05) is 12.3 Å². The maximum atomic E-state index is 4.43. The van der Waals surface area contributed by atoms with E-state index in [0.29, 0.717) is 6.04 Å². The third-order valence-electron chi connectivity index (χ3n) is 4.43. The number of likely N-dealkylation sites (tertiary alicyclic amines) is 2. The van der Waals surface area contributed by atoms with Crippen molar-refractivity contribution in [1.82, 2.24) is 14.8 Å². The summed E-state index contributed by atoms with van der Waals surface area (Å²) in [5.74, 6) is 1.77. The molecule has 18 heavy (non-hydrogen) atoms. The Morgan fingerprint density at radius 2 is 1.89 bits per heavy atom. The third-order valence-corrected chi connectivity index (χ3v) is 4.43. The lowest BCUT2D eigenvalue weighted by atomic mass is 10.0. The number of pyridine rings is 1. The summed E-state index contributed by atoms with van der Waals surface area (Å²) in [6.07, 6.45) is 1.90. The van der Waals surface area contributed by atoms with E-state index in [4.69, 9.17) is 0 Å². The summed E-state index contributed by atoms with van der Waals surface area (Å²) >= 11 is 0. The summed E-state index contributed by atoms with van der Waals surface area (Å²) in [5.41, 5.74) is 1.21. The van der Waals surface area contributed by atoms with Crippen LogP contribution in [0.2, 0.25) is 0 Å². The highest BCUT2D eigenvalue weighted by molar-refractivity contribution is 5.04. The smallest absolute Gasteiger partial charge is 0.0543 e. The minimum Gasteiger partial charge on any atom is -0.300 e. The van der Waals surface area contributed by atoms with Crippen LogP contribution in [0.4, 0.5) is 0 Å². The first-order valence-corrected chi connectivity index (χ1v) is 7.08. The summed E-state index contributed by atoms with van der Waals surface area (Å²) in [5, 5.41) is 0. The molecule has 1 aromatic heterocycles. The van der Waals surface area contributed by atoms with Gasteiger partial charge in [0.05, 0.1) is 5.69 Å². The molecule has 2 aliphatic heterocycles. The fraction of sp³-hybridized carbons (Fsp3) is 0.667. The highest BCUT2D eigenvalue weighted by Gasteiger charge is 2.40. The van der Waals surface area contributed by atoms with Crippen molar-refractivity contribution in [2.75, 3.05) is 26.2 Å². The van der Waals surface area contributed by atoms with Gasteiger partial charge in [0, 0.05) is 45.0 Å². The van der Waals surface area contributed by atoms with Gasteiger partial charge in [0.2, 0.25) is 0 Å². The van der Waals surface area contributed by atoms with Crippen molar-refractivity contribution in [3.8, 4) is 0 Å². The fourth-order valence-electron chi connectivity index (χ4n) is 3.40. The van der Waals surface area contributed by atoms with Gasteiger partial charge in [0.25, 0.3) is 0 Å². The number of nitrogens with zero attached hydrogens (tertiary/aromatic N) is 3. The molecule has 0 aromatic carbocycles. The highest BCUT2D eigenvalue weighted by atomic mass is 15.2. The van der Waals surface area contributed by atoms with Crippen LogP contribution in [0.1, 0.15) is 19.5 Å². The third kappa shape index (κ3) is 2.43. The average molecular weight is 245 g/mol. The van der Waals surface area contributed by atoms with E-state index >= 15 is 0 Å². The lowest BCUT2D eigenvalue weighted by Crippen LogP contribution is -2.33. The molecule has 2 atom stereocenters. The molecule has 0 spiro atoms. The molecule has 0 radical (unpaired) electrons. The molecule has 3 nitrogen and oxygen atoms in total. The number of hydrogen-bond donors (Lipinski definition) is 0. The van der Waals surface area contributed by atoms with Crippen LogP contribution in [0.25, 0.3) is 0 Å². The molecule has 3 heterocycles. The van der Waals surface area contributed by atoms with Crippen LogP contribution in [0, 0.1) is 11.8 Å². The van der Waals surface area contributed by atoms with E-state index in [9.17, 15) is 0 Å². The molecule has 2 unspecified atom stereocenters. The van der Waals surface area contributed by atoms with Crippen molar-refractivity contribution in [3.05, 3.63) is 30.1 Å². The fourth-order valence-corrected chi connectivity index (χ4v) is 3.40. The molecule has 0 N–H and O–H groups in total. The van der Waals surface area contributed by atoms with Gasteiger partial charge >= 0.3 is 0 Å². The molecule has 3 rings (SSSR count). The van der Waals surface area contributed by atoms with Gasteiger partial charge in [-0.3, -0.25) is 9.88 Å². The number of fused-ring (bicyclic) bond motifs is 1. The molecule has 0 aliphatic carbocycles. The second-order valence-electron chi connectivity index (χ2n) is 6.08. The Morgan fingerprint density at radius 3 is 2.44 bits per heavy atom. The summed E-state index contributed by atoms with van der Waals surface area (Å²) in [6, 6.07) is 6.91. The molecular weight excluding hydrogens is 222 g/mol. The molecule has 0 amide bonds. The number of aromatic nitrogens is 1. The van der Waals surface area contributed by atoms with Gasteiger partial charge in [0.15, 0.2) is 0 Å². The van der Waals surface area contributed by atoms with E-state index in [-0.39, 0.29) is 0 Å². The summed E-state index contributed by atoms with van der Waals surface area (Å²) in [4.78, 5) is 9.64. The summed E-state index contributed by atoms with van der Waals surface area (Å²) in [6.45, 7) is 10.7. The van der Waals surface area contributed by atoms with Gasteiger partial charge in [-0.05, 0) is 37.8 Å². The Bertz CT molecular complexity index is 376. The van der Waals surface area contributed by atoms with Crippen LogP contribution in [0.3, 0.4) is 0 Å². The predicted molar refractivity (Wildman–Crippen MR) is 73.2 cm³/mol. The Labute approximate surface area is 110 Å². The van der Waals surface area contributed by atoms with Crippen LogP contribution in [-0.4, -0.2) is 47.0 Å². The van der Waals surface area contributed by atoms with Crippen LogP contribution in [0.15, 0.2) is 24.4 Å². The first kappa shape index (κ1) is 12.1. The number of hydrogen-bond acceptors (Lipinski definition) is 3. The van der Waals surface area contributed by atoms with E-state index in [0.717, 1.165) is 18.4 Å². The lowest BCUT2D eigenvalue weighted by Gasteiger charge is -2.23. The van der Waals surface area contributed by atoms with Gasteiger partial charge in [-0.25, -0.2) is 0 Å². The highest BCUT2D eigenvalue weighted by Crippen LogP contribution is 2.32. The van der Waals surface area contributed by atoms with Crippen molar-refractivity contribution < 1.29 is 0 Å². The molecule has 0 bridgehead atoms. The van der Waals surface area contributed by atoms with Crippen molar-refractivity contribution >= 4 is 0 Å². The predicted octanol–water partition coefficient (Wildman–Crippen LogP) is 1.85. The van der Waals surface area contributed by atoms with Crippen molar-refractivity contribution in [2.45, 2.75) is 26.4 Å². The Balaban J connectivity index is 1.56. The molecule has 3 heteroatoms. The lowest BCUT2D eigenvalue weighted by molar-refractivity contribution is 0.219. The molecule has 2 saturated heterocycles. The van der Waals surface area contributed by atoms with E-state index < -0.39 is 0 Å². The quantitative estimate of drug-likeness (QED) is 0.810. The number of rotatable bonds is 3. The topological polar surface area (TPSA) is 19.4 Å². The largest absolute Gasteiger partial charge is 0.300 e. The maximum Gasteiger partial charge on any atom is 0.0543 e. The van der Waals surface area contributed by atoms with Crippen molar-refractivity contribution in [1.29, 1.82) is 0 Å². The molecule has 1 aromatic rings. The van der Waals surface area contributed by atoms with Gasteiger partial charge in [-0.2, -0.15) is 0 Å². The van der Waals surface area contributed by atoms with E-state index in [1.54, 1.807) is 0 Å². The molecular formula is C15H23N3.